The van der Waals surface area contributed by atoms with E-state index in [0.29, 0.717) is 36.2 Å². The van der Waals surface area contributed by atoms with Crippen LogP contribution in [0.15, 0.2) is 47.6 Å². The number of nitrogens with zero attached hydrogens (tertiary/aromatic N) is 3. The van der Waals surface area contributed by atoms with Gasteiger partial charge in [0, 0.05) is 13.1 Å². The van der Waals surface area contributed by atoms with Crippen molar-refractivity contribution in [1.82, 2.24) is 9.88 Å². The number of sulfone groups is 1. The number of amides is 4. The number of anilines is 2. The molecule has 9 nitrogen and oxygen atoms in total. The summed E-state index contributed by atoms with van der Waals surface area (Å²) in [6, 6.07) is 4.29. The van der Waals surface area contributed by atoms with Gasteiger partial charge in [0.2, 0.25) is 5.91 Å². The molecule has 2 aliphatic rings. The van der Waals surface area contributed by atoms with Crippen LogP contribution in [0.25, 0.3) is 0 Å². The van der Waals surface area contributed by atoms with Crippen LogP contribution in [-0.2, 0) is 26.0 Å². The zero-order chi connectivity index (χ0) is 24.2. The molecule has 13 heteroatoms. The van der Waals surface area contributed by atoms with Gasteiger partial charge in [0.1, 0.15) is 5.54 Å². The molecule has 1 spiro atoms. The van der Waals surface area contributed by atoms with Crippen LogP contribution < -0.4 is 10.2 Å². The third kappa shape index (κ3) is 3.71. The Bertz CT molecular complexity index is 1260. The third-order valence-electron chi connectivity index (χ3n) is 5.52. The summed E-state index contributed by atoms with van der Waals surface area (Å²) in [6.07, 6.45) is 3.68. The van der Waals surface area contributed by atoms with Crippen molar-refractivity contribution in [3.05, 3.63) is 48.3 Å². The lowest BCUT2D eigenvalue weighted by molar-refractivity contribution is -0.121. The van der Waals surface area contributed by atoms with Crippen molar-refractivity contribution in [2.24, 2.45) is 0 Å². The van der Waals surface area contributed by atoms with E-state index >= 15 is 0 Å². The molecule has 0 atom stereocenters. The highest BCUT2D eigenvalue weighted by molar-refractivity contribution is 7.92. The molecular weight excluding hydrogens is 465 g/mol. The average Bonchev–Trinajstić information content (AvgIpc) is 3.50. The van der Waals surface area contributed by atoms with E-state index in [-0.39, 0.29) is 18.1 Å². The number of pyridine rings is 1. The van der Waals surface area contributed by atoms with E-state index < -0.39 is 37.7 Å². The fourth-order valence-electron chi connectivity index (χ4n) is 3.70. The Morgan fingerprint density at radius 1 is 1.15 bits per heavy atom. The van der Waals surface area contributed by atoms with Gasteiger partial charge in [-0.05, 0) is 48.7 Å². The Morgan fingerprint density at radius 2 is 1.79 bits per heavy atom. The minimum atomic E-state index is -5.56. The molecule has 33 heavy (non-hydrogen) atoms. The maximum Gasteiger partial charge on any atom is 0.501 e. The molecule has 174 valence electrons. The zero-order valence-corrected chi connectivity index (χ0v) is 17.9. The maximum absolute atomic E-state index is 13.2. The molecule has 0 bridgehead atoms. The summed E-state index contributed by atoms with van der Waals surface area (Å²) in [5.41, 5.74) is -5.69. The summed E-state index contributed by atoms with van der Waals surface area (Å²) in [7, 11) is -5.56. The Kier molecular flexibility index (Phi) is 5.19. The highest BCUT2D eigenvalue weighted by Gasteiger charge is 2.65. The number of nitrogens with one attached hydrogen (secondary N) is 1. The minimum absolute atomic E-state index is 0.0141. The number of carbonyl (C=O) groups excluding carboxylic acids is 3. The van der Waals surface area contributed by atoms with E-state index in [0.717, 1.165) is 17.0 Å². The maximum atomic E-state index is 13.2. The number of benzene rings is 1. The van der Waals surface area contributed by atoms with Gasteiger partial charge in [-0.15, -0.1) is 0 Å². The van der Waals surface area contributed by atoms with E-state index in [1.807, 2.05) is 0 Å². The summed E-state index contributed by atoms with van der Waals surface area (Å²) >= 11 is 0. The van der Waals surface area contributed by atoms with Crippen LogP contribution in [0, 0.1) is 0 Å². The predicted octanol–water partition coefficient (Wildman–Crippen LogP) is 2.83. The number of alkyl halides is 3. The fraction of sp³-hybridized carbons (Fsp3) is 0.300. The van der Waals surface area contributed by atoms with Crippen LogP contribution in [0.2, 0.25) is 0 Å². The third-order valence-corrected chi connectivity index (χ3v) is 7.03. The van der Waals surface area contributed by atoms with Gasteiger partial charge in [0.15, 0.2) is 0 Å². The molecule has 0 radical (unpaired) electrons. The van der Waals surface area contributed by atoms with Crippen LogP contribution in [0.5, 0.6) is 0 Å². The molecular formula is C20H17F3N4O5S. The Hall–Kier alpha value is -3.48. The first-order chi connectivity index (χ1) is 15.4. The largest absolute Gasteiger partial charge is 0.501 e. The fourth-order valence-corrected chi connectivity index (χ4v) is 4.47. The van der Waals surface area contributed by atoms with E-state index in [9.17, 15) is 36.0 Å². The molecule has 1 aromatic heterocycles. The summed E-state index contributed by atoms with van der Waals surface area (Å²) in [6.45, 7) is 1.30. The molecule has 1 N–H and O–H groups in total. The van der Waals surface area contributed by atoms with Gasteiger partial charge in [-0.25, -0.2) is 18.1 Å². The highest BCUT2D eigenvalue weighted by Crippen LogP contribution is 2.50. The summed E-state index contributed by atoms with van der Waals surface area (Å²) < 4.78 is 61.5. The average molecular weight is 482 g/mol. The summed E-state index contributed by atoms with van der Waals surface area (Å²) in [5.74, 6) is -0.890. The minimum Gasteiger partial charge on any atom is -0.325 e. The van der Waals surface area contributed by atoms with Gasteiger partial charge in [-0.3, -0.25) is 14.6 Å². The Morgan fingerprint density at radius 3 is 2.33 bits per heavy atom. The van der Waals surface area contributed by atoms with Gasteiger partial charge in [-0.2, -0.15) is 13.2 Å². The number of urea groups is 1. The molecule has 1 saturated carbocycles. The predicted molar refractivity (Wildman–Crippen MR) is 109 cm³/mol. The molecule has 1 aliphatic heterocycles. The van der Waals surface area contributed by atoms with E-state index in [2.05, 4.69) is 10.3 Å². The van der Waals surface area contributed by atoms with Crippen LogP contribution in [0.3, 0.4) is 0 Å². The second kappa shape index (κ2) is 7.54. The van der Waals surface area contributed by atoms with Gasteiger partial charge in [0.05, 0.1) is 29.0 Å². The van der Waals surface area contributed by atoms with Crippen LogP contribution in [0.1, 0.15) is 25.3 Å². The van der Waals surface area contributed by atoms with Crippen molar-refractivity contribution < 1.29 is 36.0 Å². The van der Waals surface area contributed by atoms with Crippen LogP contribution in [0.4, 0.5) is 29.3 Å². The summed E-state index contributed by atoms with van der Waals surface area (Å²) in [4.78, 5) is 42.9. The van der Waals surface area contributed by atoms with Crippen molar-refractivity contribution in [2.75, 3.05) is 10.2 Å². The van der Waals surface area contributed by atoms with E-state index in [4.69, 9.17) is 0 Å². The monoisotopic (exact) mass is 482 g/mol. The molecule has 1 saturated heterocycles. The topological polar surface area (TPSA) is 117 Å². The summed E-state index contributed by atoms with van der Waals surface area (Å²) in [5, 5.41) is 2.61. The Balaban J connectivity index is 1.64. The molecule has 4 amide bonds. The molecule has 2 aromatic rings. The first kappa shape index (κ1) is 22.7. The number of carbonyl (C=O) groups is 3. The van der Waals surface area contributed by atoms with E-state index in [1.54, 1.807) is 6.07 Å². The lowest BCUT2D eigenvalue weighted by Crippen LogP contribution is -2.36. The number of rotatable bonds is 5. The molecule has 1 aliphatic carbocycles. The van der Waals surface area contributed by atoms with Crippen molar-refractivity contribution >= 4 is 39.1 Å². The van der Waals surface area contributed by atoms with Crippen LogP contribution in [-0.4, -0.2) is 47.2 Å². The SMILES string of the molecule is CC(=O)Nc1cnccc1CN1C(=O)N(c2ccc(S(=O)(=O)C(F)(F)F)cc2)C(=O)C12CC2. The van der Waals surface area contributed by atoms with E-state index in [1.165, 1.54) is 24.2 Å². The van der Waals surface area contributed by atoms with Crippen LogP contribution >= 0.6 is 0 Å². The quantitative estimate of drug-likeness (QED) is 0.655. The number of aromatic nitrogens is 1. The molecule has 0 unspecified atom stereocenters. The molecule has 2 fully saturated rings. The van der Waals surface area contributed by atoms with Crippen molar-refractivity contribution in [3.63, 3.8) is 0 Å². The van der Waals surface area contributed by atoms with Gasteiger partial charge >= 0.3 is 11.5 Å². The zero-order valence-electron chi connectivity index (χ0n) is 17.1. The first-order valence-corrected chi connectivity index (χ1v) is 11.1. The Labute approximate surface area is 186 Å². The number of hydrogen-bond donors (Lipinski definition) is 1. The van der Waals surface area contributed by atoms with Gasteiger partial charge < -0.3 is 10.2 Å². The standard InChI is InChI=1S/C20H17F3N4O5S/c1-12(28)25-16-10-24-9-6-13(16)11-26-18(30)27(17(29)19(26)7-8-19)14-2-4-15(5-3-14)33(31,32)20(21,22)23/h2-6,9-10H,7-8,11H2,1H3,(H,25,28). The second-order valence-corrected chi connectivity index (χ2v) is 9.64. The lowest BCUT2D eigenvalue weighted by atomic mass is 10.1. The second-order valence-electron chi connectivity index (χ2n) is 7.70. The molecule has 2 heterocycles. The normalized spacial score (nSPS) is 17.6. The highest BCUT2D eigenvalue weighted by atomic mass is 32.2. The molecule has 4 rings (SSSR count). The number of hydrogen-bond acceptors (Lipinski definition) is 6. The van der Waals surface area contributed by atoms with Gasteiger partial charge in [-0.1, -0.05) is 0 Å². The number of imide groups is 1. The lowest BCUT2D eigenvalue weighted by Gasteiger charge is -2.22. The van der Waals surface area contributed by atoms with Crippen molar-refractivity contribution in [3.8, 4) is 0 Å². The van der Waals surface area contributed by atoms with Gasteiger partial charge in [0.25, 0.3) is 15.7 Å². The smallest absolute Gasteiger partial charge is 0.325 e. The molecule has 1 aromatic carbocycles. The number of halogens is 3. The first-order valence-electron chi connectivity index (χ1n) is 9.66. The van der Waals surface area contributed by atoms with Crippen molar-refractivity contribution in [1.29, 1.82) is 0 Å². The van der Waals surface area contributed by atoms with Crippen molar-refractivity contribution in [2.45, 2.75) is 42.3 Å².